The van der Waals surface area contributed by atoms with Gasteiger partial charge in [-0.3, -0.25) is 4.79 Å². The molecule has 3 nitrogen and oxygen atoms in total. The maximum atomic E-state index is 10.2. The van der Waals surface area contributed by atoms with Gasteiger partial charge >= 0.3 is 0 Å². The highest BCUT2D eigenvalue weighted by atomic mass is 16.1. The molecule has 1 amide bonds. The Hall–Kier alpha value is -0.700. The number of hydrogen-bond acceptors (Lipinski definition) is 2. The summed E-state index contributed by atoms with van der Waals surface area (Å²) in [6.45, 7) is 4.95. The molecule has 1 atom stereocenters. The topological polar surface area (TPSA) is 55.5 Å². The predicted octanol–water partition coefficient (Wildman–Crippen LogP) is 2.15. The van der Waals surface area contributed by atoms with E-state index in [4.69, 9.17) is 5.73 Å². The second-order valence-corrected chi connectivity index (χ2v) is 3.74. The summed E-state index contributed by atoms with van der Waals surface area (Å²) in [5, 5.41) is 0. The quantitative estimate of drug-likeness (QED) is 0.480. The van der Waals surface area contributed by atoms with Crippen LogP contribution in [0, 0.1) is 5.41 Å². The second kappa shape index (κ2) is 7.68. The minimum absolute atomic E-state index is 0.0473. The zero-order chi connectivity index (χ0) is 10.9. The Kier molecular flexibility index (Phi) is 7.30. The number of carbonyl (C=O) groups is 1. The monoisotopic (exact) mass is 198 g/mol. The summed E-state index contributed by atoms with van der Waals surface area (Å²) in [4.78, 5) is 13.9. The molecule has 0 aromatic carbocycles. The van der Waals surface area contributed by atoms with E-state index in [1.165, 1.54) is 12.8 Å². The molecule has 1 unspecified atom stereocenters. The molecule has 3 heteroatoms. The lowest BCUT2D eigenvalue weighted by molar-refractivity contribution is -0.106. The van der Waals surface area contributed by atoms with Gasteiger partial charge in [0.1, 0.15) is 0 Å². The van der Waals surface area contributed by atoms with E-state index in [2.05, 4.69) is 18.8 Å². The summed E-state index contributed by atoms with van der Waals surface area (Å²) in [7, 11) is 0. The maximum absolute atomic E-state index is 10.2. The molecule has 0 aromatic heterocycles. The fourth-order valence-electron chi connectivity index (χ4n) is 1.70. The first-order valence-corrected chi connectivity index (χ1v) is 5.42. The van der Waals surface area contributed by atoms with E-state index < -0.39 is 0 Å². The lowest BCUT2D eigenvalue weighted by atomic mass is 9.78. The van der Waals surface area contributed by atoms with E-state index >= 15 is 0 Å². The minimum atomic E-state index is 0.0473. The molecule has 82 valence electrons. The highest BCUT2D eigenvalue weighted by Gasteiger charge is 2.24. The van der Waals surface area contributed by atoms with Gasteiger partial charge < -0.3 is 5.73 Å². The highest BCUT2D eigenvalue weighted by Crippen LogP contribution is 2.30. The standard InChI is InChI=1S/C11H22N2O/c1-3-5-6-11(4-2,7-8-12)9-13-10-14/h9-10H,3-8,12H2,1-2H3. The van der Waals surface area contributed by atoms with E-state index in [1.807, 2.05) is 0 Å². The van der Waals surface area contributed by atoms with Gasteiger partial charge in [0.25, 0.3) is 0 Å². The van der Waals surface area contributed by atoms with Gasteiger partial charge in [0.2, 0.25) is 6.41 Å². The molecule has 14 heavy (non-hydrogen) atoms. The molecule has 0 saturated heterocycles. The number of amides is 1. The number of aliphatic imine (C=N–C) groups is 1. The van der Waals surface area contributed by atoms with Crippen molar-refractivity contribution < 1.29 is 4.79 Å². The normalized spacial score (nSPS) is 15.6. The van der Waals surface area contributed by atoms with Gasteiger partial charge in [-0.2, -0.15) is 0 Å². The van der Waals surface area contributed by atoms with Crippen molar-refractivity contribution in [1.82, 2.24) is 0 Å². The van der Waals surface area contributed by atoms with Crippen LogP contribution in [0.4, 0.5) is 0 Å². The van der Waals surface area contributed by atoms with Crippen LogP contribution in [0.5, 0.6) is 0 Å². The Bertz CT molecular complexity index is 180. The van der Waals surface area contributed by atoms with Crippen LogP contribution in [0.15, 0.2) is 4.99 Å². The molecule has 2 N–H and O–H groups in total. The van der Waals surface area contributed by atoms with Crippen molar-refractivity contribution in [3.63, 3.8) is 0 Å². The van der Waals surface area contributed by atoms with E-state index in [-0.39, 0.29) is 5.41 Å². The van der Waals surface area contributed by atoms with E-state index in [0.717, 1.165) is 19.3 Å². The van der Waals surface area contributed by atoms with Crippen molar-refractivity contribution >= 4 is 12.6 Å². The Morgan fingerprint density at radius 1 is 1.36 bits per heavy atom. The van der Waals surface area contributed by atoms with Crippen LogP contribution in [-0.4, -0.2) is 19.2 Å². The highest BCUT2D eigenvalue weighted by molar-refractivity contribution is 5.74. The summed E-state index contributed by atoms with van der Waals surface area (Å²) in [5.74, 6) is 0. The van der Waals surface area contributed by atoms with E-state index in [9.17, 15) is 4.79 Å². The lowest BCUT2D eigenvalue weighted by Crippen LogP contribution is -2.25. The van der Waals surface area contributed by atoms with Crippen LogP contribution in [0.25, 0.3) is 0 Å². The third-order valence-electron chi connectivity index (χ3n) is 2.78. The van der Waals surface area contributed by atoms with Gasteiger partial charge in [-0.15, -0.1) is 0 Å². The molecule has 0 aliphatic rings. The Labute approximate surface area is 86.8 Å². The van der Waals surface area contributed by atoms with Gasteiger partial charge in [0, 0.05) is 11.6 Å². The Balaban J connectivity index is 4.41. The molecular weight excluding hydrogens is 176 g/mol. The summed E-state index contributed by atoms with van der Waals surface area (Å²) in [5.41, 5.74) is 5.63. The molecule has 0 aliphatic carbocycles. The van der Waals surface area contributed by atoms with Crippen LogP contribution in [0.3, 0.4) is 0 Å². The molecule has 0 bridgehead atoms. The fourth-order valence-corrected chi connectivity index (χ4v) is 1.70. The van der Waals surface area contributed by atoms with Gasteiger partial charge in [-0.25, -0.2) is 4.99 Å². The van der Waals surface area contributed by atoms with E-state index in [0.29, 0.717) is 13.0 Å². The molecular formula is C11H22N2O. The number of carbonyl (C=O) groups excluding carboxylic acids is 1. The molecule has 0 rings (SSSR count). The minimum Gasteiger partial charge on any atom is -0.330 e. The third-order valence-corrected chi connectivity index (χ3v) is 2.78. The van der Waals surface area contributed by atoms with Gasteiger partial charge in [0.15, 0.2) is 0 Å². The molecule has 0 spiro atoms. The van der Waals surface area contributed by atoms with Gasteiger partial charge in [0.05, 0.1) is 0 Å². The van der Waals surface area contributed by atoms with Gasteiger partial charge in [-0.05, 0) is 25.8 Å². The van der Waals surface area contributed by atoms with Gasteiger partial charge in [-0.1, -0.05) is 26.7 Å². The summed E-state index contributed by atoms with van der Waals surface area (Å²) in [6.07, 6.45) is 7.73. The fraction of sp³-hybridized carbons (Fsp3) is 0.818. The van der Waals surface area contributed by atoms with Crippen LogP contribution in [0.1, 0.15) is 46.0 Å². The number of unbranched alkanes of at least 4 members (excludes halogenated alkanes) is 1. The Morgan fingerprint density at radius 2 is 2.07 bits per heavy atom. The summed E-state index contributed by atoms with van der Waals surface area (Å²) < 4.78 is 0. The predicted molar refractivity (Wildman–Crippen MR) is 60.5 cm³/mol. The van der Waals surface area contributed by atoms with E-state index in [1.54, 1.807) is 6.21 Å². The third kappa shape index (κ3) is 4.51. The second-order valence-electron chi connectivity index (χ2n) is 3.74. The smallest absolute Gasteiger partial charge is 0.232 e. The average molecular weight is 198 g/mol. The molecule has 0 saturated carbocycles. The average Bonchev–Trinajstić information content (AvgIpc) is 2.22. The molecule has 0 aliphatic heterocycles. The van der Waals surface area contributed by atoms with Crippen molar-refractivity contribution in [2.24, 2.45) is 16.1 Å². The number of nitrogens with two attached hydrogens (primary N) is 1. The zero-order valence-electron chi connectivity index (χ0n) is 9.33. The first kappa shape index (κ1) is 13.3. The molecule has 0 fully saturated rings. The SMILES string of the molecule is CCCCC(C=NC=O)(CC)CCN. The van der Waals surface area contributed by atoms with Crippen molar-refractivity contribution in [3.8, 4) is 0 Å². The lowest BCUT2D eigenvalue weighted by Gasteiger charge is -2.27. The van der Waals surface area contributed by atoms with Crippen LogP contribution >= 0.6 is 0 Å². The molecule has 0 heterocycles. The molecule has 0 radical (unpaired) electrons. The first-order chi connectivity index (χ1) is 6.74. The van der Waals surface area contributed by atoms with Crippen molar-refractivity contribution in [1.29, 1.82) is 0 Å². The number of hydrogen-bond donors (Lipinski definition) is 1. The maximum Gasteiger partial charge on any atom is 0.232 e. The van der Waals surface area contributed by atoms with Crippen molar-refractivity contribution in [2.45, 2.75) is 46.0 Å². The van der Waals surface area contributed by atoms with Crippen molar-refractivity contribution in [2.75, 3.05) is 6.54 Å². The molecule has 0 aromatic rings. The van der Waals surface area contributed by atoms with Crippen molar-refractivity contribution in [3.05, 3.63) is 0 Å². The van der Waals surface area contributed by atoms with Crippen LogP contribution < -0.4 is 5.73 Å². The summed E-state index contributed by atoms with van der Waals surface area (Å²) in [6, 6.07) is 0. The largest absolute Gasteiger partial charge is 0.330 e. The summed E-state index contributed by atoms with van der Waals surface area (Å²) >= 11 is 0. The number of rotatable bonds is 8. The zero-order valence-corrected chi connectivity index (χ0v) is 9.33. The number of nitrogens with zero attached hydrogens (tertiary/aromatic N) is 1. The van der Waals surface area contributed by atoms with Crippen LogP contribution in [0.2, 0.25) is 0 Å². The first-order valence-electron chi connectivity index (χ1n) is 5.42. The Morgan fingerprint density at radius 3 is 2.50 bits per heavy atom. The van der Waals surface area contributed by atoms with Crippen LogP contribution in [-0.2, 0) is 4.79 Å².